The molecule has 2 N–H and O–H groups in total. The standard InChI is InChI=1S/C26H38N6S/c1-19-15-20(2)18-32(17-19)24-16-23(31-13-9-4-5-10-14-31)28-25(29-24)30-26(33)27-21(3)22-11-7-6-8-12-22/h6-8,11-12,16,19-21H,4-5,9-10,13-15,17-18H2,1-3H3,(H2,27,28,29,30,33)/t19-,20+,21-/m0/s1. The van der Waals surface area contributed by atoms with Crippen LogP contribution in [0.3, 0.4) is 0 Å². The number of nitrogens with one attached hydrogen (secondary N) is 2. The van der Waals surface area contributed by atoms with E-state index in [-0.39, 0.29) is 6.04 Å². The first kappa shape index (κ1) is 23.7. The largest absolute Gasteiger partial charge is 0.356 e. The van der Waals surface area contributed by atoms with Crippen molar-refractivity contribution in [3.63, 3.8) is 0 Å². The second kappa shape index (κ2) is 11.1. The SMILES string of the molecule is C[C@@H]1C[C@H](C)CN(c2cc(N3CCCCCC3)nc(NC(=S)N[C@@H](C)c3ccccc3)n2)C1. The molecule has 2 aliphatic heterocycles. The molecule has 0 aliphatic carbocycles. The van der Waals surface area contributed by atoms with Gasteiger partial charge in [0.15, 0.2) is 5.11 Å². The molecular weight excluding hydrogens is 428 g/mol. The minimum Gasteiger partial charge on any atom is -0.356 e. The van der Waals surface area contributed by atoms with Crippen molar-refractivity contribution in [2.45, 2.75) is 58.9 Å². The molecule has 1 aromatic carbocycles. The summed E-state index contributed by atoms with van der Waals surface area (Å²) < 4.78 is 0. The summed E-state index contributed by atoms with van der Waals surface area (Å²) in [6, 6.07) is 12.6. The molecular formula is C26H38N6S. The number of benzene rings is 1. The van der Waals surface area contributed by atoms with Crippen molar-refractivity contribution in [3.8, 4) is 0 Å². The number of nitrogens with zero attached hydrogens (tertiary/aromatic N) is 4. The maximum absolute atomic E-state index is 5.64. The second-order valence-electron chi connectivity index (χ2n) is 9.89. The molecule has 3 atom stereocenters. The molecule has 6 nitrogen and oxygen atoms in total. The van der Waals surface area contributed by atoms with Gasteiger partial charge in [-0.2, -0.15) is 9.97 Å². The molecule has 2 aromatic rings. The Morgan fingerprint density at radius 3 is 2.18 bits per heavy atom. The molecule has 0 spiro atoms. The van der Waals surface area contributed by atoms with E-state index in [0.717, 1.165) is 37.8 Å². The number of anilines is 3. The van der Waals surface area contributed by atoms with Crippen LogP contribution in [0.4, 0.5) is 17.6 Å². The molecule has 0 unspecified atom stereocenters. The molecule has 33 heavy (non-hydrogen) atoms. The van der Waals surface area contributed by atoms with E-state index in [1.807, 2.05) is 18.2 Å². The predicted molar refractivity (Wildman–Crippen MR) is 142 cm³/mol. The Hall–Kier alpha value is -2.41. The molecule has 0 bridgehead atoms. The molecule has 0 amide bonds. The maximum atomic E-state index is 5.64. The highest BCUT2D eigenvalue weighted by molar-refractivity contribution is 7.80. The van der Waals surface area contributed by atoms with Crippen LogP contribution in [0.15, 0.2) is 36.4 Å². The van der Waals surface area contributed by atoms with Crippen molar-refractivity contribution in [2.24, 2.45) is 11.8 Å². The van der Waals surface area contributed by atoms with E-state index in [2.05, 4.69) is 59.4 Å². The number of thiocarbonyl (C=S) groups is 1. The highest BCUT2D eigenvalue weighted by Gasteiger charge is 2.25. The number of aromatic nitrogens is 2. The second-order valence-corrected chi connectivity index (χ2v) is 10.3. The van der Waals surface area contributed by atoms with E-state index >= 15 is 0 Å². The van der Waals surface area contributed by atoms with Gasteiger partial charge in [-0.1, -0.05) is 57.0 Å². The van der Waals surface area contributed by atoms with Crippen molar-refractivity contribution in [2.75, 3.05) is 41.3 Å². The Morgan fingerprint density at radius 2 is 1.55 bits per heavy atom. The fraction of sp³-hybridized carbons (Fsp3) is 0.577. The van der Waals surface area contributed by atoms with Crippen LogP contribution < -0.4 is 20.4 Å². The summed E-state index contributed by atoms with van der Waals surface area (Å²) in [5.41, 5.74) is 1.19. The summed E-state index contributed by atoms with van der Waals surface area (Å²) >= 11 is 5.64. The lowest BCUT2D eigenvalue weighted by molar-refractivity contribution is 0.355. The molecule has 0 radical (unpaired) electrons. The quantitative estimate of drug-likeness (QED) is 0.573. The number of hydrogen-bond donors (Lipinski definition) is 2. The predicted octanol–water partition coefficient (Wildman–Crippen LogP) is 5.39. The van der Waals surface area contributed by atoms with E-state index in [1.54, 1.807) is 0 Å². The van der Waals surface area contributed by atoms with Gasteiger partial charge in [-0.3, -0.25) is 0 Å². The lowest BCUT2D eigenvalue weighted by atomic mass is 9.92. The molecule has 0 saturated carbocycles. The first-order valence-corrected chi connectivity index (χ1v) is 12.9. The van der Waals surface area contributed by atoms with Gasteiger partial charge in [-0.05, 0) is 55.8 Å². The lowest BCUT2D eigenvalue weighted by Gasteiger charge is -2.36. The van der Waals surface area contributed by atoms with Gasteiger partial charge in [-0.15, -0.1) is 0 Å². The van der Waals surface area contributed by atoms with Crippen LogP contribution in [0.5, 0.6) is 0 Å². The third-order valence-corrected chi connectivity index (χ3v) is 6.91. The van der Waals surface area contributed by atoms with E-state index in [0.29, 0.717) is 22.9 Å². The summed E-state index contributed by atoms with van der Waals surface area (Å²) in [6.45, 7) is 11.0. The van der Waals surface area contributed by atoms with Crippen LogP contribution in [0, 0.1) is 11.8 Å². The Morgan fingerprint density at radius 1 is 0.939 bits per heavy atom. The van der Waals surface area contributed by atoms with Crippen LogP contribution >= 0.6 is 12.2 Å². The normalized spacial score (nSPS) is 22.4. The zero-order chi connectivity index (χ0) is 23.2. The zero-order valence-electron chi connectivity index (χ0n) is 20.3. The Bertz CT molecular complexity index is 902. The average Bonchev–Trinajstić information content (AvgIpc) is 3.08. The minimum atomic E-state index is 0.100. The van der Waals surface area contributed by atoms with Gasteiger partial charge in [0.05, 0.1) is 6.04 Å². The summed E-state index contributed by atoms with van der Waals surface area (Å²) in [4.78, 5) is 14.7. The Balaban J connectivity index is 1.55. The third kappa shape index (κ3) is 6.56. The molecule has 4 rings (SSSR count). The van der Waals surface area contributed by atoms with Gasteiger partial charge >= 0.3 is 0 Å². The van der Waals surface area contributed by atoms with Crippen molar-refractivity contribution in [3.05, 3.63) is 42.0 Å². The molecule has 3 heterocycles. The van der Waals surface area contributed by atoms with Crippen LogP contribution in [-0.2, 0) is 0 Å². The lowest BCUT2D eigenvalue weighted by Crippen LogP contribution is -2.39. The number of rotatable bonds is 5. The van der Waals surface area contributed by atoms with Crippen molar-refractivity contribution in [1.82, 2.24) is 15.3 Å². The van der Waals surface area contributed by atoms with Gasteiger partial charge in [0, 0.05) is 32.2 Å². The number of hydrogen-bond acceptors (Lipinski definition) is 5. The van der Waals surface area contributed by atoms with E-state index < -0.39 is 0 Å². The van der Waals surface area contributed by atoms with E-state index in [9.17, 15) is 0 Å². The average molecular weight is 467 g/mol. The van der Waals surface area contributed by atoms with Crippen molar-refractivity contribution in [1.29, 1.82) is 0 Å². The molecule has 2 fully saturated rings. The van der Waals surface area contributed by atoms with E-state index in [4.69, 9.17) is 22.2 Å². The monoisotopic (exact) mass is 466 g/mol. The van der Waals surface area contributed by atoms with Crippen LogP contribution in [0.1, 0.15) is 64.5 Å². The summed E-state index contributed by atoms with van der Waals surface area (Å²) in [5, 5.41) is 7.21. The molecule has 178 valence electrons. The topological polar surface area (TPSA) is 56.3 Å². The van der Waals surface area contributed by atoms with Crippen LogP contribution in [-0.4, -0.2) is 41.3 Å². The van der Waals surface area contributed by atoms with Gasteiger partial charge in [0.2, 0.25) is 5.95 Å². The van der Waals surface area contributed by atoms with Crippen molar-refractivity contribution < 1.29 is 0 Å². The zero-order valence-corrected chi connectivity index (χ0v) is 21.1. The first-order chi connectivity index (χ1) is 16.0. The first-order valence-electron chi connectivity index (χ1n) is 12.5. The highest BCUT2D eigenvalue weighted by atomic mass is 32.1. The van der Waals surface area contributed by atoms with Crippen molar-refractivity contribution >= 4 is 34.9 Å². The minimum absolute atomic E-state index is 0.100. The van der Waals surface area contributed by atoms with Crippen LogP contribution in [0.2, 0.25) is 0 Å². The fourth-order valence-electron chi connectivity index (χ4n) is 5.11. The van der Waals surface area contributed by atoms with Crippen LogP contribution in [0.25, 0.3) is 0 Å². The Kier molecular flexibility index (Phi) is 8.02. The number of piperidine rings is 1. The Labute approximate surface area is 204 Å². The van der Waals surface area contributed by atoms with Gasteiger partial charge in [0.1, 0.15) is 11.6 Å². The molecule has 1 aromatic heterocycles. The van der Waals surface area contributed by atoms with Gasteiger partial charge in [0.25, 0.3) is 0 Å². The van der Waals surface area contributed by atoms with E-state index in [1.165, 1.54) is 37.7 Å². The highest BCUT2D eigenvalue weighted by Crippen LogP contribution is 2.29. The summed E-state index contributed by atoms with van der Waals surface area (Å²) in [6.07, 6.45) is 6.30. The maximum Gasteiger partial charge on any atom is 0.232 e. The molecule has 2 saturated heterocycles. The molecule has 7 heteroatoms. The summed E-state index contributed by atoms with van der Waals surface area (Å²) in [7, 11) is 0. The smallest absolute Gasteiger partial charge is 0.232 e. The molecule has 2 aliphatic rings. The fourth-order valence-corrected chi connectivity index (χ4v) is 5.38. The van der Waals surface area contributed by atoms with Gasteiger partial charge < -0.3 is 20.4 Å². The van der Waals surface area contributed by atoms with Gasteiger partial charge in [-0.25, -0.2) is 0 Å². The summed E-state index contributed by atoms with van der Waals surface area (Å²) in [5.74, 6) is 3.92. The third-order valence-electron chi connectivity index (χ3n) is 6.69.